The van der Waals surface area contributed by atoms with E-state index in [0.29, 0.717) is 29.4 Å². The predicted molar refractivity (Wildman–Crippen MR) is 144 cm³/mol. The fraction of sp³-hybridized carbons (Fsp3) is 0.429. The van der Waals surface area contributed by atoms with E-state index in [2.05, 4.69) is 30.6 Å². The first kappa shape index (κ1) is 26.2. The van der Waals surface area contributed by atoms with Crippen molar-refractivity contribution in [3.8, 4) is 5.69 Å². The van der Waals surface area contributed by atoms with Crippen molar-refractivity contribution in [2.75, 3.05) is 44.2 Å². The molecule has 4 rings (SSSR count). The molecule has 0 spiro atoms. The van der Waals surface area contributed by atoms with Crippen LogP contribution in [0.3, 0.4) is 0 Å². The lowest BCUT2D eigenvalue weighted by Gasteiger charge is -2.36. The molecule has 3 aromatic rings. The van der Waals surface area contributed by atoms with Crippen molar-refractivity contribution >= 4 is 23.3 Å². The number of hydrogen-bond acceptors (Lipinski definition) is 4. The van der Waals surface area contributed by atoms with Gasteiger partial charge in [-0.3, -0.25) is 4.79 Å². The number of rotatable bonds is 8. The number of anilines is 1. The van der Waals surface area contributed by atoms with Crippen molar-refractivity contribution in [1.29, 1.82) is 0 Å². The van der Waals surface area contributed by atoms with E-state index in [-0.39, 0.29) is 17.6 Å². The van der Waals surface area contributed by atoms with Gasteiger partial charge in [0.25, 0.3) is 5.91 Å². The number of amides is 1. The predicted octanol–water partition coefficient (Wildman–Crippen LogP) is 5.41. The van der Waals surface area contributed by atoms with E-state index >= 15 is 0 Å². The summed E-state index contributed by atoms with van der Waals surface area (Å²) in [5.74, 6) is 0.786. The van der Waals surface area contributed by atoms with Gasteiger partial charge >= 0.3 is 0 Å². The smallest absolute Gasteiger partial charge is 0.255 e. The summed E-state index contributed by atoms with van der Waals surface area (Å²) < 4.78 is 16.0. The minimum atomic E-state index is -0.306. The van der Waals surface area contributed by atoms with E-state index < -0.39 is 0 Å². The van der Waals surface area contributed by atoms with Gasteiger partial charge in [-0.2, -0.15) is 5.10 Å². The summed E-state index contributed by atoms with van der Waals surface area (Å²) in [5.41, 5.74) is 2.97. The maximum absolute atomic E-state index is 14.2. The maximum atomic E-state index is 14.2. The molecule has 0 radical (unpaired) electrons. The van der Waals surface area contributed by atoms with Crippen molar-refractivity contribution in [1.82, 2.24) is 19.6 Å². The number of aryl methyl sites for hydroxylation is 1. The number of benzene rings is 2. The summed E-state index contributed by atoms with van der Waals surface area (Å²) in [5, 5.41) is 5.29. The monoisotopic (exact) mass is 511 g/mol. The molecule has 192 valence electrons. The molecule has 0 bridgehead atoms. The van der Waals surface area contributed by atoms with Crippen molar-refractivity contribution < 1.29 is 9.18 Å². The highest BCUT2D eigenvalue weighted by Crippen LogP contribution is 2.31. The first-order valence-corrected chi connectivity index (χ1v) is 13.0. The zero-order valence-corrected chi connectivity index (χ0v) is 22.3. The first-order chi connectivity index (χ1) is 17.3. The Bertz CT molecular complexity index is 1200. The van der Waals surface area contributed by atoms with Gasteiger partial charge < -0.3 is 14.7 Å². The van der Waals surface area contributed by atoms with Gasteiger partial charge in [0, 0.05) is 38.3 Å². The lowest BCUT2D eigenvalue weighted by Crippen LogP contribution is -2.47. The van der Waals surface area contributed by atoms with E-state index in [9.17, 15) is 9.18 Å². The highest BCUT2D eigenvalue weighted by Gasteiger charge is 2.28. The molecule has 0 aliphatic carbocycles. The van der Waals surface area contributed by atoms with Crippen LogP contribution < -0.4 is 4.90 Å². The van der Waals surface area contributed by atoms with Gasteiger partial charge in [0.1, 0.15) is 11.6 Å². The number of hydrogen-bond donors (Lipinski definition) is 0. The molecule has 0 saturated carbocycles. The average Bonchev–Trinajstić information content (AvgIpc) is 3.19. The van der Waals surface area contributed by atoms with E-state index in [4.69, 9.17) is 16.7 Å². The van der Waals surface area contributed by atoms with Crippen LogP contribution in [0, 0.1) is 18.7 Å². The molecule has 0 unspecified atom stereocenters. The minimum Gasteiger partial charge on any atom is -0.354 e. The fourth-order valence-corrected chi connectivity index (χ4v) is 4.99. The van der Waals surface area contributed by atoms with Crippen molar-refractivity contribution in [2.24, 2.45) is 5.92 Å². The lowest BCUT2D eigenvalue weighted by atomic mass is 10.1. The van der Waals surface area contributed by atoms with Crippen LogP contribution in [0.1, 0.15) is 42.4 Å². The highest BCUT2D eigenvalue weighted by atomic mass is 35.5. The molecular formula is C28H35ClFN5O. The maximum Gasteiger partial charge on any atom is 0.255 e. The molecular weight excluding hydrogens is 477 g/mol. The second-order valence-corrected chi connectivity index (χ2v) is 10.2. The Balaban J connectivity index is 1.77. The largest absolute Gasteiger partial charge is 0.354 e. The number of nitrogens with zero attached hydrogens (tertiary/aromatic N) is 5. The van der Waals surface area contributed by atoms with Crippen LogP contribution in [-0.2, 0) is 6.54 Å². The fourth-order valence-electron chi connectivity index (χ4n) is 4.78. The van der Waals surface area contributed by atoms with Crippen LogP contribution in [0.2, 0.25) is 5.02 Å². The number of aromatic nitrogens is 2. The lowest BCUT2D eigenvalue weighted by molar-refractivity contribution is 0.0722. The Morgan fingerprint density at radius 3 is 2.47 bits per heavy atom. The molecule has 8 heteroatoms. The van der Waals surface area contributed by atoms with Gasteiger partial charge in [-0.25, -0.2) is 9.07 Å². The molecule has 0 N–H and O–H groups in total. The third kappa shape index (κ3) is 5.73. The third-order valence-corrected chi connectivity index (χ3v) is 6.98. The second kappa shape index (κ2) is 11.4. The molecule has 1 aromatic heterocycles. The number of carbonyl (C=O) groups excluding carboxylic acids is 1. The van der Waals surface area contributed by atoms with Crippen LogP contribution >= 0.6 is 11.6 Å². The second-order valence-electron chi connectivity index (χ2n) is 9.76. The molecule has 0 atom stereocenters. The molecule has 2 aromatic carbocycles. The molecule has 1 aliphatic rings. The summed E-state index contributed by atoms with van der Waals surface area (Å²) in [4.78, 5) is 20.2. The quantitative estimate of drug-likeness (QED) is 0.405. The molecule has 1 fully saturated rings. The van der Waals surface area contributed by atoms with Crippen LogP contribution in [0.5, 0.6) is 0 Å². The van der Waals surface area contributed by atoms with E-state index in [1.54, 1.807) is 18.2 Å². The summed E-state index contributed by atoms with van der Waals surface area (Å²) >= 11 is 6.40. The molecule has 1 saturated heterocycles. The van der Waals surface area contributed by atoms with Gasteiger partial charge in [-0.1, -0.05) is 50.6 Å². The standard InChI is InChI=1S/C28H35ClFN5O/c1-5-32-13-15-33(16-14-32)27-25(21(4)31-35(27)23-10-8-9-22(30)17-23)19-34(18-20(2)3)28(36)24-11-6-7-12-26(24)29/h6-12,17,20H,5,13-16,18-19H2,1-4H3. The van der Waals surface area contributed by atoms with Crippen molar-refractivity contribution in [2.45, 2.75) is 34.2 Å². The summed E-state index contributed by atoms with van der Waals surface area (Å²) in [7, 11) is 0. The van der Waals surface area contributed by atoms with Crippen molar-refractivity contribution in [3.63, 3.8) is 0 Å². The van der Waals surface area contributed by atoms with E-state index in [1.165, 1.54) is 12.1 Å². The van der Waals surface area contributed by atoms with Gasteiger partial charge in [-0.05, 0) is 49.7 Å². The van der Waals surface area contributed by atoms with Crippen molar-refractivity contribution in [3.05, 3.63) is 76.2 Å². The Hall–Kier alpha value is -2.90. The van der Waals surface area contributed by atoms with Gasteiger partial charge in [0.05, 0.1) is 28.5 Å². The topological polar surface area (TPSA) is 44.6 Å². The van der Waals surface area contributed by atoms with Crippen LogP contribution in [0.25, 0.3) is 5.69 Å². The Morgan fingerprint density at radius 2 is 1.83 bits per heavy atom. The molecule has 2 heterocycles. The Labute approximate surface area is 218 Å². The summed E-state index contributed by atoms with van der Waals surface area (Å²) in [6, 6.07) is 13.7. The third-order valence-electron chi connectivity index (χ3n) is 6.66. The first-order valence-electron chi connectivity index (χ1n) is 12.6. The molecule has 36 heavy (non-hydrogen) atoms. The van der Waals surface area contributed by atoms with Crippen LogP contribution in [0.4, 0.5) is 10.2 Å². The Morgan fingerprint density at radius 1 is 1.11 bits per heavy atom. The van der Waals surface area contributed by atoms with Gasteiger partial charge in [0.15, 0.2) is 0 Å². The molecule has 6 nitrogen and oxygen atoms in total. The summed E-state index contributed by atoms with van der Waals surface area (Å²) in [6.07, 6.45) is 0. The van der Waals surface area contributed by atoms with E-state index in [1.807, 2.05) is 34.7 Å². The number of likely N-dealkylation sites (N-methyl/N-ethyl adjacent to an activating group) is 1. The van der Waals surface area contributed by atoms with Gasteiger partial charge in [0.2, 0.25) is 0 Å². The van der Waals surface area contributed by atoms with E-state index in [0.717, 1.165) is 49.8 Å². The minimum absolute atomic E-state index is 0.103. The van der Waals surface area contributed by atoms with Gasteiger partial charge in [-0.15, -0.1) is 0 Å². The molecule has 1 aliphatic heterocycles. The van der Waals surface area contributed by atoms with Crippen LogP contribution in [-0.4, -0.2) is 64.8 Å². The number of halogens is 2. The number of carbonyl (C=O) groups is 1. The zero-order valence-electron chi connectivity index (χ0n) is 21.5. The highest BCUT2D eigenvalue weighted by molar-refractivity contribution is 6.33. The zero-order chi connectivity index (χ0) is 25.8. The van der Waals surface area contributed by atoms with Crippen LogP contribution in [0.15, 0.2) is 48.5 Å². The Kier molecular flexibility index (Phi) is 8.32. The SMILES string of the molecule is CCN1CCN(c2c(CN(CC(C)C)C(=O)c3ccccc3Cl)c(C)nn2-c2cccc(F)c2)CC1. The average molecular weight is 512 g/mol. The number of piperazine rings is 1. The summed E-state index contributed by atoms with van der Waals surface area (Å²) in [6.45, 7) is 13.9. The normalized spacial score (nSPS) is 14.5. The molecule has 1 amide bonds.